The van der Waals surface area contributed by atoms with Crippen LogP contribution in [0.25, 0.3) is 0 Å². The van der Waals surface area contributed by atoms with E-state index < -0.39 is 0 Å². The van der Waals surface area contributed by atoms with Crippen LogP contribution in [-0.4, -0.2) is 10.1 Å². The predicted octanol–water partition coefficient (Wildman–Crippen LogP) is 5.21. The third-order valence-corrected chi connectivity index (χ3v) is 5.28. The Kier molecular flexibility index (Phi) is 12.8. The molecule has 0 aliphatic carbocycles. The van der Waals surface area contributed by atoms with Crippen LogP contribution in [0.4, 0.5) is 0 Å². The van der Waals surface area contributed by atoms with Gasteiger partial charge in [-0.05, 0) is 58.8 Å². The first-order chi connectivity index (χ1) is 13.8. The maximum Gasteiger partial charge on any atom is 2.00 e. The van der Waals surface area contributed by atoms with Gasteiger partial charge >= 0.3 is 16.5 Å². The average molecular weight is 501 g/mol. The summed E-state index contributed by atoms with van der Waals surface area (Å²) < 4.78 is 0. The number of aryl methyl sites for hydroxylation is 2. The molecule has 0 spiro atoms. The van der Waals surface area contributed by atoms with Crippen LogP contribution in [0.15, 0.2) is 48.5 Å². The molecule has 0 aliphatic rings. The Morgan fingerprint density at radius 1 is 0.613 bits per heavy atom. The monoisotopic (exact) mass is 500 g/mol. The van der Waals surface area contributed by atoms with Crippen LogP contribution in [0.3, 0.4) is 0 Å². The zero-order valence-electron chi connectivity index (χ0n) is 19.4. The Balaban J connectivity index is 0.000000562. The Bertz CT molecular complexity index is 743. The minimum absolute atomic E-state index is 0. The summed E-state index contributed by atoms with van der Waals surface area (Å²) in [7, 11) is 0. The van der Waals surface area contributed by atoms with Crippen molar-refractivity contribution < 1.29 is 26.7 Å². The maximum absolute atomic E-state index is 10.7. The van der Waals surface area contributed by atoms with Crippen molar-refractivity contribution in [1.29, 1.82) is 0 Å². The molecule has 0 saturated carbocycles. The van der Waals surface area contributed by atoms with Gasteiger partial charge in [0.2, 0.25) is 0 Å². The first kappa shape index (κ1) is 29.7. The Morgan fingerprint density at radius 2 is 0.871 bits per heavy atom. The Labute approximate surface area is 209 Å². The molecule has 2 rings (SSSR count). The molecule has 31 heavy (non-hydrogen) atoms. The van der Waals surface area contributed by atoms with E-state index in [-0.39, 0.29) is 37.4 Å². The van der Waals surface area contributed by atoms with Gasteiger partial charge in [0.1, 0.15) is 0 Å². The van der Waals surface area contributed by atoms with Crippen LogP contribution < -0.4 is 10.2 Å². The van der Waals surface area contributed by atoms with Gasteiger partial charge in [-0.2, -0.15) is 0 Å². The minimum atomic E-state index is -0.158. The standard InChI is InChI=1S/2C13H18OS.Ni/c2*1-13(2,3)11-7-4-10(5-8-11)6-9-12(14)15;/h2*4-5,7-8H,6,9H2,1-3H3,(H,14,15);/q;;+2/p-2. The van der Waals surface area contributed by atoms with Crippen LogP contribution in [0, 0.1) is 0 Å². The van der Waals surface area contributed by atoms with Gasteiger partial charge in [-0.25, -0.2) is 0 Å². The third kappa shape index (κ3) is 12.4. The zero-order chi connectivity index (χ0) is 22.9. The van der Waals surface area contributed by atoms with Crippen molar-refractivity contribution in [3.8, 4) is 0 Å². The fourth-order valence-corrected chi connectivity index (χ4v) is 3.04. The zero-order valence-corrected chi connectivity index (χ0v) is 22.0. The van der Waals surface area contributed by atoms with Crippen molar-refractivity contribution in [2.75, 3.05) is 0 Å². The molecule has 0 amide bonds. The molecule has 0 aliphatic heterocycles. The van der Waals surface area contributed by atoms with Gasteiger partial charge in [0, 0.05) is 0 Å². The molecule has 172 valence electrons. The van der Waals surface area contributed by atoms with Crippen LogP contribution in [0.2, 0.25) is 0 Å². The fraction of sp³-hybridized carbons (Fsp3) is 0.462. The van der Waals surface area contributed by atoms with E-state index in [2.05, 4.69) is 115 Å². The summed E-state index contributed by atoms with van der Waals surface area (Å²) in [5.41, 5.74) is 5.37. The summed E-state index contributed by atoms with van der Waals surface area (Å²) in [6.45, 7) is 13.1. The van der Waals surface area contributed by atoms with E-state index in [1.165, 1.54) is 22.3 Å². The second-order valence-corrected chi connectivity index (χ2v) is 10.5. The van der Waals surface area contributed by atoms with E-state index >= 15 is 0 Å². The van der Waals surface area contributed by atoms with E-state index in [1.54, 1.807) is 0 Å². The molecule has 0 atom stereocenters. The normalized spacial score (nSPS) is 11.0. The van der Waals surface area contributed by atoms with E-state index in [4.69, 9.17) is 0 Å². The first-order valence-electron chi connectivity index (χ1n) is 10.4. The van der Waals surface area contributed by atoms with Gasteiger partial charge in [0.15, 0.2) is 0 Å². The topological polar surface area (TPSA) is 46.1 Å². The molecule has 0 N–H and O–H groups in total. The molecule has 5 heteroatoms. The minimum Gasteiger partial charge on any atom is -0.867 e. The maximum atomic E-state index is 10.7. The Morgan fingerprint density at radius 3 is 1.06 bits per heavy atom. The van der Waals surface area contributed by atoms with Crippen LogP contribution in [0.1, 0.15) is 76.6 Å². The molecule has 0 aromatic heterocycles. The summed E-state index contributed by atoms with van der Waals surface area (Å²) >= 11 is 9.05. The molecule has 2 nitrogen and oxygen atoms in total. The van der Waals surface area contributed by atoms with E-state index in [0.29, 0.717) is 12.8 Å². The molecule has 0 fully saturated rings. The Hall–Kier alpha value is -1.29. The molecule has 0 bridgehead atoms. The van der Waals surface area contributed by atoms with E-state index in [0.717, 1.165) is 12.8 Å². The number of benzene rings is 2. The molecule has 0 unspecified atom stereocenters. The summed E-state index contributed by atoms with van der Waals surface area (Å²) in [6, 6.07) is 16.8. The van der Waals surface area contributed by atoms with Crippen molar-refractivity contribution >= 4 is 34.5 Å². The molecule has 0 heterocycles. The second-order valence-electron chi connectivity index (χ2n) is 9.64. The van der Waals surface area contributed by atoms with Gasteiger partial charge in [-0.1, -0.05) is 100 Å². The van der Waals surface area contributed by atoms with E-state index in [1.807, 2.05) is 0 Å². The van der Waals surface area contributed by atoms with Gasteiger partial charge in [0.05, 0.1) is 0 Å². The van der Waals surface area contributed by atoms with Gasteiger partial charge in [-0.3, -0.25) is 0 Å². The molecular weight excluding hydrogens is 467 g/mol. The summed E-state index contributed by atoms with van der Waals surface area (Å²) in [6.07, 6.45) is 2.44. The number of thiocarbonyl (C=S) groups is 2. The number of hydrogen-bond donors (Lipinski definition) is 0. The second kappa shape index (κ2) is 13.3. The molecule has 0 saturated heterocycles. The fourth-order valence-electron chi connectivity index (χ4n) is 2.84. The van der Waals surface area contributed by atoms with E-state index in [9.17, 15) is 10.2 Å². The third-order valence-electron chi connectivity index (χ3n) is 4.88. The largest absolute Gasteiger partial charge is 2.00 e. The molecule has 0 radical (unpaired) electrons. The SMILES string of the molecule is CC(C)(C)c1ccc(CCC([O-])=S)cc1.CC(C)(C)c1ccc(CCC([O-])=S)cc1.[Ni+2]. The molecule has 2 aromatic rings. The van der Waals surface area contributed by atoms with Crippen molar-refractivity contribution in [2.24, 2.45) is 0 Å². The number of rotatable bonds is 6. The smallest absolute Gasteiger partial charge is 0.867 e. The van der Waals surface area contributed by atoms with Crippen LogP contribution >= 0.6 is 24.4 Å². The first-order valence-corrected chi connectivity index (χ1v) is 11.2. The molecular formula is C26H34NiO2S2. The van der Waals surface area contributed by atoms with Crippen molar-refractivity contribution in [3.05, 3.63) is 70.8 Å². The molecule has 2 aromatic carbocycles. The van der Waals surface area contributed by atoms with Gasteiger partial charge in [0.25, 0.3) is 0 Å². The van der Waals surface area contributed by atoms with Crippen molar-refractivity contribution in [3.63, 3.8) is 0 Å². The summed E-state index contributed by atoms with van der Waals surface area (Å²) in [5.74, 6) is 0. The average Bonchev–Trinajstić information content (AvgIpc) is 2.64. The predicted molar refractivity (Wildman–Crippen MR) is 132 cm³/mol. The van der Waals surface area contributed by atoms with Crippen molar-refractivity contribution in [1.82, 2.24) is 0 Å². The van der Waals surface area contributed by atoms with Gasteiger partial charge < -0.3 is 10.2 Å². The quantitative estimate of drug-likeness (QED) is 0.403. The van der Waals surface area contributed by atoms with Crippen LogP contribution in [-0.2, 0) is 40.2 Å². The van der Waals surface area contributed by atoms with Gasteiger partial charge in [-0.15, -0.1) is 24.4 Å². The summed E-state index contributed by atoms with van der Waals surface area (Å²) in [5, 5.41) is 21.0. The summed E-state index contributed by atoms with van der Waals surface area (Å²) in [4.78, 5) is 0. The van der Waals surface area contributed by atoms with Crippen molar-refractivity contribution in [2.45, 2.75) is 78.1 Å². The number of hydrogen-bond acceptors (Lipinski definition) is 4. The van der Waals surface area contributed by atoms with Crippen LogP contribution in [0.5, 0.6) is 0 Å².